The second-order valence-electron chi connectivity index (χ2n) is 9.72. The van der Waals surface area contributed by atoms with Crippen LogP contribution in [0.15, 0.2) is 12.4 Å². The first-order valence-electron chi connectivity index (χ1n) is 11.9. The first kappa shape index (κ1) is 20.9. The van der Waals surface area contributed by atoms with Gasteiger partial charge in [0.2, 0.25) is 11.9 Å². The van der Waals surface area contributed by atoms with Gasteiger partial charge in [-0.1, -0.05) is 0 Å². The Hall–Kier alpha value is -1.93. The molecule has 0 spiro atoms. The van der Waals surface area contributed by atoms with Gasteiger partial charge in [-0.05, 0) is 50.4 Å². The third kappa shape index (κ3) is 4.37. The largest absolute Gasteiger partial charge is 0.494 e. The van der Waals surface area contributed by atoms with Gasteiger partial charge in [0, 0.05) is 38.8 Å². The number of aromatic nitrogens is 2. The van der Waals surface area contributed by atoms with Crippen LogP contribution in [0, 0.1) is 17.3 Å². The summed E-state index contributed by atoms with van der Waals surface area (Å²) in [5.74, 6) is 2.70. The van der Waals surface area contributed by atoms with E-state index >= 15 is 0 Å². The van der Waals surface area contributed by atoms with E-state index in [0.717, 1.165) is 65.1 Å². The van der Waals surface area contributed by atoms with Crippen LogP contribution < -0.4 is 15.0 Å². The summed E-state index contributed by atoms with van der Waals surface area (Å²) in [4.78, 5) is 27.4. The van der Waals surface area contributed by atoms with Crippen molar-refractivity contribution >= 4 is 11.9 Å². The standard InChI is InChI=1S/C23H35N5O3/c1-30-20-14-25-22(26-15-20)28-7-5-18-12-19(27-8-10-31-11-9-27)4-6-23(18,16-28)21(29)24-13-17-2-3-17/h14-15,17-19H,2-13,16H2,1H3,(H,24,29)/t18-,19+,23-/m1/s1. The first-order chi connectivity index (χ1) is 15.2. The van der Waals surface area contributed by atoms with E-state index in [0.29, 0.717) is 36.1 Å². The zero-order chi connectivity index (χ0) is 21.3. The number of morpholine rings is 1. The van der Waals surface area contributed by atoms with Crippen LogP contribution >= 0.6 is 0 Å². The number of amides is 1. The summed E-state index contributed by atoms with van der Waals surface area (Å²) in [5, 5.41) is 3.33. The lowest BCUT2D eigenvalue weighted by Gasteiger charge is -2.53. The Morgan fingerprint density at radius 3 is 2.68 bits per heavy atom. The van der Waals surface area contributed by atoms with Crippen LogP contribution in [-0.4, -0.2) is 79.9 Å². The number of hydrogen-bond acceptors (Lipinski definition) is 7. The molecule has 8 heteroatoms. The molecule has 0 radical (unpaired) electrons. The summed E-state index contributed by atoms with van der Waals surface area (Å²) < 4.78 is 10.8. The molecule has 0 unspecified atom stereocenters. The molecular formula is C23H35N5O3. The van der Waals surface area contributed by atoms with E-state index in [1.807, 2.05) is 0 Å². The Morgan fingerprint density at radius 1 is 1.19 bits per heavy atom. The van der Waals surface area contributed by atoms with Crippen molar-refractivity contribution in [1.82, 2.24) is 20.2 Å². The lowest BCUT2D eigenvalue weighted by molar-refractivity contribution is -0.139. The number of carbonyl (C=O) groups excluding carboxylic acids is 1. The normalized spacial score (nSPS) is 31.7. The number of methoxy groups -OCH3 is 1. The van der Waals surface area contributed by atoms with Crippen molar-refractivity contribution in [2.45, 2.75) is 44.6 Å². The molecule has 2 saturated heterocycles. The van der Waals surface area contributed by atoms with Gasteiger partial charge >= 0.3 is 0 Å². The number of hydrogen-bond donors (Lipinski definition) is 1. The van der Waals surface area contributed by atoms with Crippen molar-refractivity contribution in [1.29, 1.82) is 0 Å². The SMILES string of the molecule is COc1cnc(N2CC[C@@H]3C[C@@H](N4CCOCC4)CC[C@@]3(C(=O)NCC3CC3)C2)nc1. The van der Waals surface area contributed by atoms with Crippen LogP contribution in [0.2, 0.25) is 0 Å². The number of fused-ring (bicyclic) bond motifs is 1. The van der Waals surface area contributed by atoms with Crippen LogP contribution in [0.3, 0.4) is 0 Å². The molecule has 2 saturated carbocycles. The monoisotopic (exact) mass is 429 g/mol. The van der Waals surface area contributed by atoms with Crippen LogP contribution in [0.5, 0.6) is 5.75 Å². The molecule has 0 bridgehead atoms. The summed E-state index contributed by atoms with van der Waals surface area (Å²) in [6, 6.07) is 0.571. The molecule has 0 aromatic carbocycles. The highest BCUT2D eigenvalue weighted by molar-refractivity contribution is 5.84. The summed E-state index contributed by atoms with van der Waals surface area (Å²) in [5.41, 5.74) is -0.348. The molecule has 1 N–H and O–H groups in total. The van der Waals surface area contributed by atoms with E-state index in [1.165, 1.54) is 12.8 Å². The molecule has 170 valence electrons. The summed E-state index contributed by atoms with van der Waals surface area (Å²) in [7, 11) is 1.62. The van der Waals surface area contributed by atoms with Crippen LogP contribution in [0.25, 0.3) is 0 Å². The smallest absolute Gasteiger partial charge is 0.228 e. The van der Waals surface area contributed by atoms with Gasteiger partial charge in [-0.15, -0.1) is 0 Å². The number of nitrogens with zero attached hydrogens (tertiary/aromatic N) is 4. The third-order valence-corrected chi connectivity index (χ3v) is 7.88. The Bertz CT molecular complexity index is 765. The molecule has 1 aromatic rings. The lowest BCUT2D eigenvalue weighted by Crippen LogP contribution is -2.61. The quantitative estimate of drug-likeness (QED) is 0.737. The van der Waals surface area contributed by atoms with E-state index in [1.54, 1.807) is 19.5 Å². The molecule has 2 aliphatic heterocycles. The number of anilines is 1. The van der Waals surface area contributed by atoms with Crippen molar-refractivity contribution < 1.29 is 14.3 Å². The van der Waals surface area contributed by atoms with Gasteiger partial charge < -0.3 is 19.7 Å². The van der Waals surface area contributed by atoms with Gasteiger partial charge in [-0.2, -0.15) is 0 Å². The number of piperidine rings is 1. The molecular weight excluding hydrogens is 394 g/mol. The van der Waals surface area contributed by atoms with Gasteiger partial charge in [0.05, 0.1) is 38.1 Å². The maximum atomic E-state index is 13.6. The van der Waals surface area contributed by atoms with Gasteiger partial charge in [0.1, 0.15) is 0 Å². The van der Waals surface area contributed by atoms with Crippen LogP contribution in [0.1, 0.15) is 38.5 Å². The predicted molar refractivity (Wildman–Crippen MR) is 117 cm³/mol. The van der Waals surface area contributed by atoms with Crippen molar-refractivity contribution in [3.05, 3.63) is 12.4 Å². The molecule has 3 heterocycles. The second-order valence-corrected chi connectivity index (χ2v) is 9.72. The Balaban J connectivity index is 1.34. The number of nitrogens with one attached hydrogen (secondary N) is 1. The Morgan fingerprint density at radius 2 is 1.97 bits per heavy atom. The highest BCUT2D eigenvalue weighted by Gasteiger charge is 2.53. The van der Waals surface area contributed by atoms with Crippen LogP contribution in [-0.2, 0) is 9.53 Å². The lowest BCUT2D eigenvalue weighted by atomic mass is 9.61. The first-order valence-corrected chi connectivity index (χ1v) is 11.9. The molecule has 4 aliphatic rings. The van der Waals surface area contributed by atoms with Gasteiger partial charge in [-0.25, -0.2) is 9.97 Å². The molecule has 3 atom stereocenters. The minimum absolute atomic E-state index is 0.253. The van der Waals surface area contributed by atoms with E-state index in [2.05, 4.69) is 25.1 Å². The number of rotatable bonds is 6. The Labute approximate surface area is 184 Å². The molecule has 1 aromatic heterocycles. The second kappa shape index (κ2) is 8.90. The predicted octanol–water partition coefficient (Wildman–Crippen LogP) is 1.71. The van der Waals surface area contributed by atoms with E-state index < -0.39 is 0 Å². The highest BCUT2D eigenvalue weighted by atomic mass is 16.5. The van der Waals surface area contributed by atoms with Gasteiger partial charge in [-0.3, -0.25) is 9.69 Å². The molecule has 1 amide bonds. The van der Waals surface area contributed by atoms with Crippen molar-refractivity contribution in [2.24, 2.45) is 17.3 Å². The topological polar surface area (TPSA) is 79.8 Å². The molecule has 2 aliphatic carbocycles. The summed E-state index contributed by atoms with van der Waals surface area (Å²) in [6.07, 6.45) is 10.0. The fourth-order valence-electron chi connectivity index (χ4n) is 5.76. The third-order valence-electron chi connectivity index (χ3n) is 7.88. The molecule has 4 fully saturated rings. The van der Waals surface area contributed by atoms with E-state index in [9.17, 15) is 4.79 Å². The van der Waals surface area contributed by atoms with E-state index in [-0.39, 0.29) is 11.3 Å². The maximum Gasteiger partial charge on any atom is 0.228 e. The fraction of sp³-hybridized carbons (Fsp3) is 0.783. The molecule has 5 rings (SSSR count). The van der Waals surface area contributed by atoms with Crippen LogP contribution in [0.4, 0.5) is 5.95 Å². The zero-order valence-electron chi connectivity index (χ0n) is 18.6. The zero-order valence-corrected chi connectivity index (χ0v) is 18.6. The summed E-state index contributed by atoms with van der Waals surface area (Å²) in [6.45, 7) is 6.13. The maximum absolute atomic E-state index is 13.6. The molecule has 31 heavy (non-hydrogen) atoms. The molecule has 8 nitrogen and oxygen atoms in total. The highest BCUT2D eigenvalue weighted by Crippen LogP contribution is 2.48. The number of ether oxygens (including phenoxy) is 2. The number of carbonyl (C=O) groups is 1. The fourth-order valence-corrected chi connectivity index (χ4v) is 5.76. The minimum atomic E-state index is -0.348. The van der Waals surface area contributed by atoms with E-state index in [4.69, 9.17) is 9.47 Å². The average Bonchev–Trinajstić information content (AvgIpc) is 3.67. The van der Waals surface area contributed by atoms with Crippen molar-refractivity contribution in [3.8, 4) is 5.75 Å². The minimum Gasteiger partial charge on any atom is -0.494 e. The van der Waals surface area contributed by atoms with Crippen molar-refractivity contribution in [3.63, 3.8) is 0 Å². The Kier molecular flexibility index (Phi) is 6.01. The van der Waals surface area contributed by atoms with Gasteiger partial charge in [0.25, 0.3) is 0 Å². The van der Waals surface area contributed by atoms with Gasteiger partial charge in [0.15, 0.2) is 5.75 Å². The van der Waals surface area contributed by atoms with Crippen molar-refractivity contribution in [2.75, 3.05) is 57.9 Å². The average molecular weight is 430 g/mol. The summed E-state index contributed by atoms with van der Waals surface area (Å²) >= 11 is 0.